The molecule has 166 valence electrons. The van der Waals surface area contributed by atoms with E-state index in [1.807, 2.05) is 54.6 Å². The van der Waals surface area contributed by atoms with Gasteiger partial charge in [0.15, 0.2) is 6.21 Å². The monoisotopic (exact) mass is 458 g/mol. The van der Waals surface area contributed by atoms with Crippen LogP contribution in [0.15, 0.2) is 96.2 Å². The number of benzene rings is 3. The van der Waals surface area contributed by atoms with Gasteiger partial charge >= 0.3 is 12.0 Å². The van der Waals surface area contributed by atoms with E-state index >= 15 is 0 Å². The van der Waals surface area contributed by atoms with Gasteiger partial charge in [-0.1, -0.05) is 96.2 Å². The molecular weight excluding hydrogens is 436 g/mol. The van der Waals surface area contributed by atoms with E-state index in [-0.39, 0.29) is 12.6 Å². The van der Waals surface area contributed by atoms with Gasteiger partial charge in [0.25, 0.3) is 0 Å². The van der Waals surface area contributed by atoms with Crippen LogP contribution in [0.2, 0.25) is 0 Å². The molecule has 0 fully saturated rings. The van der Waals surface area contributed by atoms with E-state index in [0.717, 1.165) is 34.4 Å². The summed E-state index contributed by atoms with van der Waals surface area (Å²) in [4.78, 5) is 21.0. The number of carbonyl (C=O) groups is 1. The van der Waals surface area contributed by atoms with Crippen molar-refractivity contribution in [3.63, 3.8) is 0 Å². The Kier molecular flexibility index (Phi) is 7.06. The summed E-state index contributed by atoms with van der Waals surface area (Å²) in [6.07, 6.45) is 0.944. The van der Waals surface area contributed by atoms with Gasteiger partial charge < -0.3 is 14.9 Å². The lowest BCUT2D eigenvalue weighted by molar-refractivity contribution is -0.134. The van der Waals surface area contributed by atoms with Crippen LogP contribution in [-0.2, 0) is 15.1 Å². The van der Waals surface area contributed by atoms with Crippen LogP contribution in [0.1, 0.15) is 23.6 Å². The fourth-order valence-electron chi connectivity index (χ4n) is 3.54. The van der Waals surface area contributed by atoms with E-state index < -0.39 is 11.5 Å². The maximum atomic E-state index is 11.4. The minimum Gasteiger partial charge on any atom is -0.462 e. The van der Waals surface area contributed by atoms with Gasteiger partial charge in [-0.15, -0.1) is 4.37 Å². The van der Waals surface area contributed by atoms with E-state index in [1.54, 1.807) is 6.92 Å². The number of nitrogens with one attached hydrogen (secondary N) is 1. The molecule has 0 saturated carbocycles. The molecule has 0 aliphatic carbocycles. The third-order valence-electron chi connectivity index (χ3n) is 4.90. The number of rotatable bonds is 9. The first kappa shape index (κ1) is 22.2. The van der Waals surface area contributed by atoms with Crippen LogP contribution in [0.4, 0.5) is 5.13 Å². The molecule has 0 unspecified atom stereocenters. The zero-order valence-electron chi connectivity index (χ0n) is 17.9. The second-order valence-electron chi connectivity index (χ2n) is 6.93. The minimum absolute atomic E-state index is 0.0335. The molecule has 0 atom stereocenters. The zero-order chi connectivity index (χ0) is 22.9. The number of anilines is 1. The Morgan fingerprint density at radius 2 is 1.45 bits per heavy atom. The minimum atomic E-state index is -0.727. The van der Waals surface area contributed by atoms with Crippen molar-refractivity contribution < 1.29 is 14.4 Å². The first-order chi connectivity index (χ1) is 16.2. The molecule has 33 heavy (non-hydrogen) atoms. The van der Waals surface area contributed by atoms with Gasteiger partial charge in [0.1, 0.15) is 5.54 Å². The Hall–Kier alpha value is -4.04. The largest absolute Gasteiger partial charge is 0.462 e. The van der Waals surface area contributed by atoms with Crippen LogP contribution in [0.3, 0.4) is 0 Å². The standard InChI is InChI=1S/C25H22N4O3S/c1-2-31-22(30)18-26-32-23-27-24(33-29-23)28-25(19-12-6-3-7-13-19,20-14-8-4-9-15-20)21-16-10-5-11-17-21/h3-18H,2H2,1H3,(H,27,28,29)/b26-18-. The summed E-state index contributed by atoms with van der Waals surface area (Å²) in [5.74, 6) is -0.595. The average molecular weight is 459 g/mol. The number of hydrogen-bond donors (Lipinski definition) is 1. The summed E-state index contributed by atoms with van der Waals surface area (Å²) in [6.45, 7) is 1.97. The summed E-state index contributed by atoms with van der Waals surface area (Å²) in [5, 5.41) is 7.74. The molecule has 7 nitrogen and oxygen atoms in total. The highest BCUT2D eigenvalue weighted by Gasteiger charge is 2.37. The number of nitrogens with zero attached hydrogens (tertiary/aromatic N) is 3. The highest BCUT2D eigenvalue weighted by molar-refractivity contribution is 7.09. The van der Waals surface area contributed by atoms with Crippen LogP contribution in [0.25, 0.3) is 0 Å². The molecule has 4 aromatic rings. The predicted molar refractivity (Wildman–Crippen MR) is 128 cm³/mol. The summed E-state index contributed by atoms with van der Waals surface area (Å²) in [6, 6.07) is 30.5. The van der Waals surface area contributed by atoms with E-state index in [4.69, 9.17) is 9.57 Å². The van der Waals surface area contributed by atoms with E-state index in [0.29, 0.717) is 5.13 Å². The maximum Gasteiger partial charge on any atom is 0.359 e. The Balaban J connectivity index is 1.73. The fraction of sp³-hybridized carbons (Fsp3) is 0.120. The van der Waals surface area contributed by atoms with Crippen LogP contribution >= 0.6 is 11.5 Å². The number of oxime groups is 1. The van der Waals surface area contributed by atoms with Crippen molar-refractivity contribution >= 4 is 28.8 Å². The van der Waals surface area contributed by atoms with Crippen LogP contribution in [0.5, 0.6) is 6.01 Å². The Morgan fingerprint density at radius 1 is 0.939 bits per heavy atom. The normalized spacial score (nSPS) is 11.3. The first-order valence-corrected chi connectivity index (χ1v) is 11.2. The van der Waals surface area contributed by atoms with E-state index in [2.05, 4.69) is 56.2 Å². The highest BCUT2D eigenvalue weighted by atomic mass is 32.1. The smallest absolute Gasteiger partial charge is 0.359 e. The Labute approximate surface area is 195 Å². The van der Waals surface area contributed by atoms with Gasteiger partial charge in [-0.3, -0.25) is 0 Å². The van der Waals surface area contributed by atoms with Crippen molar-refractivity contribution in [3.8, 4) is 6.01 Å². The van der Waals surface area contributed by atoms with Gasteiger partial charge in [-0.05, 0) is 23.6 Å². The lowest BCUT2D eigenvalue weighted by Crippen LogP contribution is -2.38. The van der Waals surface area contributed by atoms with Crippen LogP contribution in [0, 0.1) is 0 Å². The molecule has 0 spiro atoms. The molecule has 1 heterocycles. The molecule has 0 bridgehead atoms. The SMILES string of the molecule is CCOC(=O)/C=N\Oc1nsc(NC(c2ccccc2)(c2ccccc2)c2ccccc2)n1. The van der Waals surface area contributed by atoms with Gasteiger partial charge in [-0.25, -0.2) is 4.79 Å². The van der Waals surface area contributed by atoms with Gasteiger partial charge in [0.05, 0.1) is 6.61 Å². The van der Waals surface area contributed by atoms with Gasteiger partial charge in [0, 0.05) is 11.5 Å². The molecule has 0 radical (unpaired) electrons. The van der Waals surface area contributed by atoms with Crippen molar-refractivity contribution in [2.75, 3.05) is 11.9 Å². The number of aromatic nitrogens is 2. The first-order valence-electron chi connectivity index (χ1n) is 10.4. The van der Waals surface area contributed by atoms with Crippen molar-refractivity contribution in [1.82, 2.24) is 9.36 Å². The topological polar surface area (TPSA) is 85.7 Å². The lowest BCUT2D eigenvalue weighted by Gasteiger charge is -2.36. The molecular formula is C25H22N4O3S. The van der Waals surface area contributed by atoms with Gasteiger partial charge in [-0.2, -0.15) is 4.98 Å². The quantitative estimate of drug-likeness (QED) is 0.167. The van der Waals surface area contributed by atoms with Crippen LogP contribution < -0.4 is 10.2 Å². The second-order valence-corrected chi connectivity index (χ2v) is 7.68. The number of carbonyl (C=O) groups excluding carboxylic acids is 1. The number of ether oxygens (including phenoxy) is 1. The molecule has 0 aliphatic rings. The van der Waals surface area contributed by atoms with Gasteiger partial charge in [0.2, 0.25) is 5.13 Å². The molecule has 1 aromatic heterocycles. The second kappa shape index (κ2) is 10.5. The van der Waals surface area contributed by atoms with Crippen molar-refractivity contribution in [1.29, 1.82) is 0 Å². The highest BCUT2D eigenvalue weighted by Crippen LogP contribution is 2.40. The summed E-state index contributed by atoms with van der Waals surface area (Å²) in [7, 11) is 0. The maximum absolute atomic E-state index is 11.4. The predicted octanol–water partition coefficient (Wildman–Crippen LogP) is 4.87. The Bertz CT molecular complexity index is 1100. The average Bonchev–Trinajstić information content (AvgIpc) is 3.31. The molecule has 4 rings (SSSR count). The third kappa shape index (κ3) is 5.07. The molecule has 0 saturated heterocycles. The molecule has 0 aliphatic heterocycles. The fourth-order valence-corrected chi connectivity index (χ4v) is 4.09. The summed E-state index contributed by atoms with van der Waals surface area (Å²) in [5.41, 5.74) is 2.40. The van der Waals surface area contributed by atoms with Crippen molar-refractivity contribution in [3.05, 3.63) is 108 Å². The molecule has 0 amide bonds. The Morgan fingerprint density at radius 3 is 1.94 bits per heavy atom. The number of hydrogen-bond acceptors (Lipinski definition) is 8. The third-order valence-corrected chi connectivity index (χ3v) is 5.52. The van der Waals surface area contributed by atoms with E-state index in [9.17, 15) is 4.79 Å². The van der Waals surface area contributed by atoms with Crippen molar-refractivity contribution in [2.45, 2.75) is 12.5 Å². The molecule has 1 N–H and O–H groups in total. The lowest BCUT2D eigenvalue weighted by atomic mass is 9.77. The molecule has 3 aromatic carbocycles. The number of esters is 1. The van der Waals surface area contributed by atoms with Crippen molar-refractivity contribution in [2.24, 2.45) is 5.16 Å². The van der Waals surface area contributed by atoms with Crippen LogP contribution in [-0.4, -0.2) is 28.1 Å². The summed E-state index contributed by atoms with van der Waals surface area (Å²) >= 11 is 1.14. The molecule has 8 heteroatoms. The zero-order valence-corrected chi connectivity index (χ0v) is 18.7. The summed E-state index contributed by atoms with van der Waals surface area (Å²) < 4.78 is 8.98. The van der Waals surface area contributed by atoms with E-state index in [1.165, 1.54) is 0 Å².